The largest absolute Gasteiger partial charge is 0.379 e. The second kappa shape index (κ2) is 7.61. The number of morpholine rings is 1. The van der Waals surface area contributed by atoms with E-state index in [1.54, 1.807) is 12.1 Å². The predicted molar refractivity (Wildman–Crippen MR) is 91.9 cm³/mol. The summed E-state index contributed by atoms with van der Waals surface area (Å²) in [5.41, 5.74) is 1.32. The van der Waals surface area contributed by atoms with Crippen LogP contribution in [-0.4, -0.2) is 59.7 Å². The van der Waals surface area contributed by atoms with Crippen LogP contribution < -0.4 is 5.32 Å². The van der Waals surface area contributed by atoms with Crippen molar-refractivity contribution in [2.45, 2.75) is 18.5 Å². The van der Waals surface area contributed by atoms with Gasteiger partial charge in [0.25, 0.3) is 5.69 Å². The topological polar surface area (TPSA) is 67.6 Å². The van der Waals surface area contributed by atoms with Crippen molar-refractivity contribution in [2.75, 3.05) is 44.4 Å². The average molecular weight is 337 g/mol. The minimum Gasteiger partial charge on any atom is -0.379 e. The smallest absolute Gasteiger partial charge is 0.269 e. The molecule has 1 N–H and O–H groups in total. The van der Waals surface area contributed by atoms with Crippen molar-refractivity contribution in [3.63, 3.8) is 0 Å². The van der Waals surface area contributed by atoms with E-state index in [-0.39, 0.29) is 16.1 Å². The number of hydrogen-bond acceptors (Lipinski definition) is 6. The highest BCUT2D eigenvalue weighted by Crippen LogP contribution is 2.33. The van der Waals surface area contributed by atoms with Crippen LogP contribution in [0.4, 0.5) is 5.69 Å². The normalized spacial score (nSPS) is 25.6. The van der Waals surface area contributed by atoms with Crippen LogP contribution in [0.3, 0.4) is 0 Å². The Morgan fingerprint density at radius 1 is 1.39 bits per heavy atom. The average Bonchev–Trinajstić information content (AvgIpc) is 3.06. The van der Waals surface area contributed by atoms with Crippen LogP contribution in [0.5, 0.6) is 0 Å². The molecule has 1 unspecified atom stereocenters. The zero-order valence-electron chi connectivity index (χ0n) is 13.2. The molecular weight excluding hydrogens is 314 g/mol. The lowest BCUT2D eigenvalue weighted by molar-refractivity contribution is -0.384. The molecule has 2 fully saturated rings. The van der Waals surface area contributed by atoms with Gasteiger partial charge < -0.3 is 10.1 Å². The van der Waals surface area contributed by atoms with Gasteiger partial charge in [-0.1, -0.05) is 12.1 Å². The summed E-state index contributed by atoms with van der Waals surface area (Å²) in [5.74, 6) is 2.35. The molecule has 23 heavy (non-hydrogen) atoms. The molecule has 0 saturated carbocycles. The number of rotatable bonds is 6. The van der Waals surface area contributed by atoms with Gasteiger partial charge in [0.15, 0.2) is 0 Å². The van der Waals surface area contributed by atoms with Gasteiger partial charge in [-0.05, 0) is 17.7 Å². The Hall–Kier alpha value is -1.15. The van der Waals surface area contributed by atoms with E-state index >= 15 is 0 Å². The first-order chi connectivity index (χ1) is 11.2. The SMILES string of the molecule is O=[N+]([O-])c1cccc(CNCC2(N3CCOCC3)CCSC2)c1. The molecule has 0 bridgehead atoms. The monoisotopic (exact) mass is 337 g/mol. The molecule has 3 rings (SSSR count). The van der Waals surface area contributed by atoms with Crippen molar-refractivity contribution in [1.29, 1.82) is 0 Å². The fraction of sp³-hybridized carbons (Fsp3) is 0.625. The van der Waals surface area contributed by atoms with Crippen molar-refractivity contribution in [3.05, 3.63) is 39.9 Å². The third-order valence-corrected chi connectivity index (χ3v) is 5.90. The maximum Gasteiger partial charge on any atom is 0.269 e. The molecule has 1 atom stereocenters. The minimum atomic E-state index is -0.341. The van der Waals surface area contributed by atoms with Crippen molar-refractivity contribution in [1.82, 2.24) is 10.2 Å². The predicted octanol–water partition coefficient (Wildman–Crippen LogP) is 1.89. The summed E-state index contributed by atoms with van der Waals surface area (Å²) in [7, 11) is 0. The molecule has 6 nitrogen and oxygen atoms in total. The number of non-ortho nitro benzene ring substituents is 1. The molecule has 1 aromatic rings. The first-order valence-corrected chi connectivity index (χ1v) is 9.20. The molecule has 2 aliphatic rings. The molecule has 2 heterocycles. The van der Waals surface area contributed by atoms with Gasteiger partial charge in [0.05, 0.1) is 18.1 Å². The van der Waals surface area contributed by atoms with Gasteiger partial charge in [0.1, 0.15) is 0 Å². The lowest BCUT2D eigenvalue weighted by atomic mass is 9.95. The third-order valence-electron chi connectivity index (χ3n) is 4.67. The van der Waals surface area contributed by atoms with Crippen LogP contribution in [0.15, 0.2) is 24.3 Å². The molecule has 0 aliphatic carbocycles. The Bertz CT molecular complexity index is 543. The molecule has 1 aromatic carbocycles. The highest BCUT2D eigenvalue weighted by molar-refractivity contribution is 7.99. The molecule has 126 valence electrons. The van der Waals surface area contributed by atoms with Crippen LogP contribution in [0.25, 0.3) is 0 Å². The molecule has 0 radical (unpaired) electrons. The number of thioether (sulfide) groups is 1. The van der Waals surface area contributed by atoms with Crippen LogP contribution in [0.2, 0.25) is 0 Å². The number of nitrogens with zero attached hydrogens (tertiary/aromatic N) is 2. The van der Waals surface area contributed by atoms with Gasteiger partial charge in [-0.2, -0.15) is 11.8 Å². The maximum atomic E-state index is 10.9. The fourth-order valence-electron chi connectivity index (χ4n) is 3.35. The highest BCUT2D eigenvalue weighted by Gasteiger charge is 2.40. The summed E-state index contributed by atoms with van der Waals surface area (Å²) in [4.78, 5) is 13.1. The van der Waals surface area contributed by atoms with Gasteiger partial charge in [0.2, 0.25) is 0 Å². The molecule has 2 saturated heterocycles. The van der Waals surface area contributed by atoms with Crippen LogP contribution in [0, 0.1) is 10.1 Å². The van der Waals surface area contributed by atoms with E-state index in [0.29, 0.717) is 6.54 Å². The number of nitro groups is 1. The first kappa shape index (κ1) is 16.7. The zero-order valence-corrected chi connectivity index (χ0v) is 14.0. The van der Waals surface area contributed by atoms with Gasteiger partial charge in [-0.25, -0.2) is 0 Å². The molecule has 0 aromatic heterocycles. The lowest BCUT2D eigenvalue weighted by Gasteiger charge is -2.43. The quantitative estimate of drug-likeness (QED) is 0.632. The number of hydrogen-bond donors (Lipinski definition) is 1. The van der Waals surface area contributed by atoms with E-state index in [4.69, 9.17) is 4.74 Å². The van der Waals surface area contributed by atoms with E-state index in [1.807, 2.05) is 17.8 Å². The number of nitrogens with one attached hydrogen (secondary N) is 1. The first-order valence-electron chi connectivity index (χ1n) is 8.04. The zero-order chi connectivity index (χ0) is 16.1. The van der Waals surface area contributed by atoms with Crippen molar-refractivity contribution >= 4 is 17.4 Å². The second-order valence-electron chi connectivity index (χ2n) is 6.16. The van der Waals surface area contributed by atoms with E-state index in [0.717, 1.165) is 44.2 Å². The van der Waals surface area contributed by atoms with E-state index in [9.17, 15) is 10.1 Å². The Morgan fingerprint density at radius 3 is 2.91 bits per heavy atom. The van der Waals surface area contributed by atoms with Crippen molar-refractivity contribution < 1.29 is 9.66 Å². The van der Waals surface area contributed by atoms with Gasteiger partial charge >= 0.3 is 0 Å². The van der Waals surface area contributed by atoms with Gasteiger partial charge in [-0.3, -0.25) is 15.0 Å². The molecule has 2 aliphatic heterocycles. The minimum absolute atomic E-state index is 0.156. The molecule has 7 heteroatoms. The summed E-state index contributed by atoms with van der Waals surface area (Å²) < 4.78 is 5.48. The Kier molecular flexibility index (Phi) is 5.53. The summed E-state index contributed by atoms with van der Waals surface area (Å²) in [5, 5.41) is 14.4. The fourth-order valence-corrected chi connectivity index (χ4v) is 4.83. The number of ether oxygens (including phenoxy) is 1. The van der Waals surface area contributed by atoms with Crippen LogP contribution in [-0.2, 0) is 11.3 Å². The Morgan fingerprint density at radius 2 is 2.22 bits per heavy atom. The van der Waals surface area contributed by atoms with Gasteiger partial charge in [0, 0.05) is 49.6 Å². The summed E-state index contributed by atoms with van der Waals surface area (Å²) in [6.07, 6.45) is 1.19. The van der Waals surface area contributed by atoms with Crippen molar-refractivity contribution in [3.8, 4) is 0 Å². The summed E-state index contributed by atoms with van der Waals surface area (Å²) >= 11 is 2.02. The highest BCUT2D eigenvalue weighted by atomic mass is 32.2. The number of benzene rings is 1. The number of nitro benzene ring substituents is 1. The third kappa shape index (κ3) is 4.03. The lowest BCUT2D eigenvalue weighted by Crippen LogP contribution is -2.58. The molecule has 0 amide bonds. The second-order valence-corrected chi connectivity index (χ2v) is 7.26. The van der Waals surface area contributed by atoms with E-state index < -0.39 is 0 Å². The summed E-state index contributed by atoms with van der Waals surface area (Å²) in [6, 6.07) is 6.87. The van der Waals surface area contributed by atoms with Crippen LogP contribution >= 0.6 is 11.8 Å². The van der Waals surface area contributed by atoms with Crippen molar-refractivity contribution in [2.24, 2.45) is 0 Å². The maximum absolute atomic E-state index is 10.9. The van der Waals surface area contributed by atoms with E-state index in [1.165, 1.54) is 18.2 Å². The van der Waals surface area contributed by atoms with Gasteiger partial charge in [-0.15, -0.1) is 0 Å². The summed E-state index contributed by atoms with van der Waals surface area (Å²) in [6.45, 7) is 5.22. The Labute approximate surface area is 140 Å². The van der Waals surface area contributed by atoms with E-state index in [2.05, 4.69) is 10.2 Å². The standard InChI is InChI=1S/C16H23N3O3S/c20-19(21)15-3-1-2-14(10-15)11-17-12-16(4-9-23-13-16)18-5-7-22-8-6-18/h1-3,10,17H,4-9,11-13H2. The Balaban J connectivity index is 1.59. The van der Waals surface area contributed by atoms with Crippen LogP contribution in [0.1, 0.15) is 12.0 Å². The molecule has 0 spiro atoms. The molecular formula is C16H23N3O3S.